The van der Waals surface area contributed by atoms with E-state index in [0.29, 0.717) is 11.6 Å². The number of ether oxygens (including phenoxy) is 1. The van der Waals surface area contributed by atoms with E-state index in [0.717, 1.165) is 11.0 Å². The molecule has 0 saturated heterocycles. The van der Waals surface area contributed by atoms with E-state index in [1.54, 1.807) is 36.4 Å². The summed E-state index contributed by atoms with van der Waals surface area (Å²) in [6.45, 7) is 0.0791. The van der Waals surface area contributed by atoms with Crippen LogP contribution in [-0.2, 0) is 6.18 Å². The third kappa shape index (κ3) is 5.34. The number of benzene rings is 1. The molecule has 0 saturated carbocycles. The maximum atomic E-state index is 12.9. The second-order valence-corrected chi connectivity index (χ2v) is 5.67. The Morgan fingerprint density at radius 1 is 1.30 bits per heavy atom. The van der Waals surface area contributed by atoms with E-state index in [4.69, 9.17) is 15.1 Å². The first-order valence-electron chi connectivity index (χ1n) is 7.86. The van der Waals surface area contributed by atoms with Crippen molar-refractivity contribution in [2.75, 3.05) is 13.6 Å². The Bertz CT molecular complexity index is 835. The fraction of sp³-hybridized carbons (Fsp3) is 0.278. The molecule has 1 amide bonds. The Morgan fingerprint density at radius 3 is 2.52 bits per heavy atom. The fourth-order valence-electron chi connectivity index (χ4n) is 2.28. The average Bonchev–Trinajstić information content (AvgIpc) is 2.64. The van der Waals surface area contributed by atoms with Crippen molar-refractivity contribution < 1.29 is 27.8 Å². The summed E-state index contributed by atoms with van der Waals surface area (Å²) in [5.41, 5.74) is -0.694. The van der Waals surface area contributed by atoms with Crippen molar-refractivity contribution in [2.45, 2.75) is 18.7 Å². The van der Waals surface area contributed by atoms with Gasteiger partial charge in [-0.1, -0.05) is 30.3 Å². The molecule has 1 aromatic carbocycles. The second-order valence-electron chi connectivity index (χ2n) is 5.67. The van der Waals surface area contributed by atoms with Crippen LogP contribution in [-0.4, -0.2) is 34.7 Å². The molecule has 142 valence electrons. The predicted octanol–water partition coefficient (Wildman–Crippen LogP) is 4.09. The molecule has 1 N–H and O–H groups in total. The van der Waals surface area contributed by atoms with Crippen LogP contribution in [0.3, 0.4) is 0 Å². The molecule has 0 bridgehead atoms. The van der Waals surface area contributed by atoms with Gasteiger partial charge in [0.05, 0.1) is 0 Å². The minimum atomic E-state index is -4.68. The monoisotopic (exact) mass is 379 g/mol. The highest BCUT2D eigenvalue weighted by molar-refractivity contribution is 5.64. The lowest BCUT2D eigenvalue weighted by Gasteiger charge is -2.22. The molecular weight excluding hydrogens is 363 g/mol. The van der Waals surface area contributed by atoms with Crippen LogP contribution in [0.5, 0.6) is 5.88 Å². The van der Waals surface area contributed by atoms with Crippen LogP contribution in [0.1, 0.15) is 29.3 Å². The minimum Gasteiger partial charge on any atom is -0.468 e. The zero-order chi connectivity index (χ0) is 20.0. The summed E-state index contributed by atoms with van der Waals surface area (Å²) >= 11 is 0. The summed E-state index contributed by atoms with van der Waals surface area (Å²) in [5.74, 6) is -0.445. The maximum Gasteiger partial charge on any atom is 0.433 e. The smallest absolute Gasteiger partial charge is 0.433 e. The molecule has 2 rings (SSSR count). The van der Waals surface area contributed by atoms with Gasteiger partial charge in [0.1, 0.15) is 23.4 Å². The van der Waals surface area contributed by atoms with Gasteiger partial charge < -0.3 is 14.7 Å². The lowest BCUT2D eigenvalue weighted by Crippen LogP contribution is -2.27. The molecule has 0 radical (unpaired) electrons. The number of nitriles is 1. The highest BCUT2D eigenvalue weighted by Gasteiger charge is 2.33. The molecule has 1 heterocycles. The lowest BCUT2D eigenvalue weighted by atomic mass is 10.1. The maximum absolute atomic E-state index is 12.9. The molecule has 6 nitrogen and oxygen atoms in total. The molecule has 0 aliphatic carbocycles. The third-order valence-corrected chi connectivity index (χ3v) is 3.75. The number of nitrogens with zero attached hydrogens (tertiary/aromatic N) is 3. The molecule has 27 heavy (non-hydrogen) atoms. The van der Waals surface area contributed by atoms with E-state index >= 15 is 0 Å². The number of halogens is 3. The fourth-order valence-corrected chi connectivity index (χ4v) is 2.28. The number of carboxylic acid groups (broad SMARTS) is 1. The van der Waals surface area contributed by atoms with Gasteiger partial charge in [0.25, 0.3) is 0 Å². The van der Waals surface area contributed by atoms with Gasteiger partial charge in [0.2, 0.25) is 5.88 Å². The van der Waals surface area contributed by atoms with Gasteiger partial charge in [-0.05, 0) is 17.7 Å². The minimum absolute atomic E-state index is 0.0791. The zero-order valence-electron chi connectivity index (χ0n) is 14.3. The van der Waals surface area contributed by atoms with Crippen molar-refractivity contribution >= 4 is 6.09 Å². The first-order chi connectivity index (χ1) is 12.7. The van der Waals surface area contributed by atoms with E-state index in [-0.39, 0.29) is 18.5 Å². The number of hydrogen-bond acceptors (Lipinski definition) is 4. The second kappa shape index (κ2) is 8.40. The van der Waals surface area contributed by atoms with Crippen molar-refractivity contribution in [2.24, 2.45) is 0 Å². The Balaban J connectivity index is 2.34. The first-order valence-corrected chi connectivity index (χ1v) is 7.86. The first kappa shape index (κ1) is 20.0. The van der Waals surface area contributed by atoms with Gasteiger partial charge in [-0.3, -0.25) is 0 Å². The molecule has 1 atom stereocenters. The molecular formula is C18H16F3N3O3. The quantitative estimate of drug-likeness (QED) is 0.817. The Morgan fingerprint density at radius 2 is 1.96 bits per heavy atom. The molecule has 2 aromatic rings. The van der Waals surface area contributed by atoms with E-state index in [2.05, 4.69) is 4.98 Å². The van der Waals surface area contributed by atoms with E-state index in [1.807, 2.05) is 0 Å². The SMILES string of the molecule is CN(CC[C@@H](Oc1nc(C(F)(F)F)ccc1C#N)c1ccccc1)C(=O)O. The van der Waals surface area contributed by atoms with Crippen LogP contribution < -0.4 is 4.74 Å². The number of alkyl halides is 3. The highest BCUT2D eigenvalue weighted by Crippen LogP contribution is 2.32. The van der Waals surface area contributed by atoms with Crippen molar-refractivity contribution in [1.82, 2.24) is 9.88 Å². The number of rotatable bonds is 6. The predicted molar refractivity (Wildman–Crippen MR) is 89.0 cm³/mol. The molecule has 0 fully saturated rings. The largest absolute Gasteiger partial charge is 0.468 e. The van der Waals surface area contributed by atoms with Gasteiger partial charge >= 0.3 is 12.3 Å². The number of hydrogen-bond donors (Lipinski definition) is 1. The summed E-state index contributed by atoms with van der Waals surface area (Å²) < 4.78 is 44.4. The van der Waals surface area contributed by atoms with Crippen LogP contribution >= 0.6 is 0 Å². The van der Waals surface area contributed by atoms with Crippen LogP contribution in [0.2, 0.25) is 0 Å². The van der Waals surface area contributed by atoms with Gasteiger partial charge in [0.15, 0.2) is 0 Å². The summed E-state index contributed by atoms with van der Waals surface area (Å²) in [6.07, 6.45) is -6.44. The Hall–Kier alpha value is -3.28. The summed E-state index contributed by atoms with van der Waals surface area (Å²) in [6, 6.07) is 12.1. The van der Waals surface area contributed by atoms with Crippen molar-refractivity contribution in [3.05, 3.63) is 59.3 Å². The topological polar surface area (TPSA) is 86.5 Å². The number of carbonyl (C=O) groups is 1. The highest BCUT2D eigenvalue weighted by atomic mass is 19.4. The number of aromatic nitrogens is 1. The van der Waals surface area contributed by atoms with Crippen molar-refractivity contribution in [3.8, 4) is 11.9 Å². The van der Waals surface area contributed by atoms with E-state index in [1.165, 1.54) is 7.05 Å². The molecule has 0 spiro atoms. The molecule has 0 aliphatic rings. The molecule has 0 aliphatic heterocycles. The molecule has 9 heteroatoms. The standard InChI is InChI=1S/C18H16F3N3O3/c1-24(17(25)26)10-9-14(12-5-3-2-4-6-12)27-16-13(11-22)7-8-15(23-16)18(19,20)21/h2-8,14H,9-10H2,1H3,(H,25,26)/t14-/m1/s1. The van der Waals surface area contributed by atoms with Crippen LogP contribution in [0.25, 0.3) is 0 Å². The van der Waals surface area contributed by atoms with Gasteiger partial charge in [-0.2, -0.15) is 18.4 Å². The van der Waals surface area contributed by atoms with Gasteiger partial charge in [-0.25, -0.2) is 9.78 Å². The van der Waals surface area contributed by atoms with Crippen LogP contribution in [0, 0.1) is 11.3 Å². The molecule has 1 aromatic heterocycles. The summed E-state index contributed by atoms with van der Waals surface area (Å²) in [7, 11) is 1.37. The van der Waals surface area contributed by atoms with Crippen LogP contribution in [0.4, 0.5) is 18.0 Å². The van der Waals surface area contributed by atoms with Crippen molar-refractivity contribution in [3.63, 3.8) is 0 Å². The Labute approximate surface area is 153 Å². The summed E-state index contributed by atoms with van der Waals surface area (Å²) in [4.78, 5) is 15.4. The lowest BCUT2D eigenvalue weighted by molar-refractivity contribution is -0.141. The third-order valence-electron chi connectivity index (χ3n) is 3.75. The van der Waals surface area contributed by atoms with Crippen LogP contribution in [0.15, 0.2) is 42.5 Å². The van der Waals surface area contributed by atoms with Gasteiger partial charge in [-0.15, -0.1) is 0 Å². The average molecular weight is 379 g/mol. The van der Waals surface area contributed by atoms with Gasteiger partial charge in [0, 0.05) is 20.0 Å². The van der Waals surface area contributed by atoms with Crippen molar-refractivity contribution in [1.29, 1.82) is 5.26 Å². The normalized spacial score (nSPS) is 12.1. The number of amides is 1. The molecule has 0 unspecified atom stereocenters. The Kier molecular flexibility index (Phi) is 6.23. The zero-order valence-corrected chi connectivity index (χ0v) is 14.3. The summed E-state index contributed by atoms with van der Waals surface area (Å²) in [5, 5.41) is 18.1. The number of pyridine rings is 1. The van der Waals surface area contributed by atoms with E-state index in [9.17, 15) is 18.0 Å². The van der Waals surface area contributed by atoms with E-state index < -0.39 is 29.9 Å².